The van der Waals surface area contributed by atoms with E-state index >= 15 is 0 Å². The summed E-state index contributed by atoms with van der Waals surface area (Å²) >= 11 is 1.71. The maximum Gasteiger partial charge on any atom is 0.333 e. The van der Waals surface area contributed by atoms with Crippen molar-refractivity contribution in [3.05, 3.63) is 111 Å². The summed E-state index contributed by atoms with van der Waals surface area (Å²) in [5.74, 6) is 0. The zero-order valence-electron chi connectivity index (χ0n) is 16.3. The van der Waals surface area contributed by atoms with Crippen molar-refractivity contribution in [1.82, 2.24) is 9.55 Å². The zero-order chi connectivity index (χ0) is 20.9. The average molecular weight is 420 g/mol. The Labute approximate surface area is 180 Å². The molecule has 2 aromatic heterocycles. The molecule has 0 unspecified atom stereocenters. The summed E-state index contributed by atoms with van der Waals surface area (Å²) in [7, 11) is 0. The van der Waals surface area contributed by atoms with Crippen LogP contribution in [-0.4, -0.2) is 9.55 Å². The molecule has 0 aliphatic rings. The smallest absolute Gasteiger partial charge is 0.306 e. The Morgan fingerprint density at radius 1 is 0.710 bits per heavy atom. The lowest BCUT2D eigenvalue weighted by atomic mass is 10.0. The van der Waals surface area contributed by atoms with Gasteiger partial charge in [0.2, 0.25) is 0 Å². The third-order valence-corrected chi connectivity index (χ3v) is 6.59. The van der Waals surface area contributed by atoms with Gasteiger partial charge in [0.25, 0.3) is 5.56 Å². The van der Waals surface area contributed by atoms with Gasteiger partial charge in [0.1, 0.15) is 0 Å². The van der Waals surface area contributed by atoms with E-state index in [1.54, 1.807) is 23.5 Å². The number of benzene rings is 4. The zero-order valence-corrected chi connectivity index (χ0v) is 17.1. The number of fused-ring (bicyclic) bond motifs is 3. The Kier molecular flexibility index (Phi) is 3.91. The van der Waals surface area contributed by atoms with Gasteiger partial charge >= 0.3 is 5.69 Å². The first-order valence-corrected chi connectivity index (χ1v) is 10.8. The van der Waals surface area contributed by atoms with Crippen molar-refractivity contribution in [2.24, 2.45) is 0 Å². The highest BCUT2D eigenvalue weighted by molar-refractivity contribution is 7.17. The van der Waals surface area contributed by atoms with Crippen molar-refractivity contribution < 1.29 is 0 Å². The molecule has 2 heterocycles. The van der Waals surface area contributed by atoms with Crippen molar-refractivity contribution in [3.8, 4) is 16.8 Å². The molecular weight excluding hydrogens is 404 g/mol. The van der Waals surface area contributed by atoms with Crippen LogP contribution in [0.4, 0.5) is 0 Å². The van der Waals surface area contributed by atoms with E-state index in [1.165, 1.54) is 14.7 Å². The summed E-state index contributed by atoms with van der Waals surface area (Å²) in [4.78, 5) is 29.2. The van der Waals surface area contributed by atoms with E-state index in [4.69, 9.17) is 0 Å². The van der Waals surface area contributed by atoms with Gasteiger partial charge in [0.15, 0.2) is 0 Å². The van der Waals surface area contributed by atoms with Gasteiger partial charge < -0.3 is 4.98 Å². The molecule has 0 fully saturated rings. The Balaban J connectivity index is 1.57. The quantitative estimate of drug-likeness (QED) is 0.390. The van der Waals surface area contributed by atoms with Crippen LogP contribution in [0.25, 0.3) is 48.6 Å². The van der Waals surface area contributed by atoms with E-state index < -0.39 is 5.69 Å². The second kappa shape index (κ2) is 6.79. The molecule has 0 spiro atoms. The van der Waals surface area contributed by atoms with E-state index in [2.05, 4.69) is 34.6 Å². The normalized spacial score (nSPS) is 11.5. The molecule has 0 amide bonds. The van der Waals surface area contributed by atoms with Crippen LogP contribution in [0.2, 0.25) is 0 Å². The van der Waals surface area contributed by atoms with Gasteiger partial charge in [-0.3, -0.25) is 4.79 Å². The SMILES string of the molecule is O=c1[nH]c2cc(-c3ccc4sccc4c3)ccc2c(=O)n1-c1cccc2ccccc12. The molecule has 0 aliphatic carbocycles. The van der Waals surface area contributed by atoms with Gasteiger partial charge in [-0.15, -0.1) is 11.3 Å². The third-order valence-electron chi connectivity index (χ3n) is 5.69. The van der Waals surface area contributed by atoms with Gasteiger partial charge in [0.05, 0.1) is 16.6 Å². The lowest BCUT2D eigenvalue weighted by molar-refractivity contribution is 0.908. The molecule has 0 radical (unpaired) electrons. The summed E-state index contributed by atoms with van der Waals surface area (Å²) in [5, 5.41) is 5.57. The Bertz CT molecular complexity index is 1740. The highest BCUT2D eigenvalue weighted by Crippen LogP contribution is 2.28. The summed E-state index contributed by atoms with van der Waals surface area (Å²) in [6, 6.07) is 27.3. The van der Waals surface area contributed by atoms with Crippen LogP contribution < -0.4 is 11.2 Å². The molecule has 31 heavy (non-hydrogen) atoms. The Morgan fingerprint density at radius 3 is 2.45 bits per heavy atom. The standard InChI is InChI=1S/C26H16N2O2S/c29-25-21-10-8-18(17-9-11-24-19(14-17)12-13-31-24)15-22(21)27-26(30)28(25)23-7-3-5-16-4-1-2-6-20(16)23/h1-15H,(H,27,30). The second-order valence-electron chi connectivity index (χ2n) is 7.50. The molecule has 148 valence electrons. The fourth-order valence-corrected chi connectivity index (χ4v) is 4.94. The molecule has 0 atom stereocenters. The highest BCUT2D eigenvalue weighted by atomic mass is 32.1. The predicted molar refractivity (Wildman–Crippen MR) is 128 cm³/mol. The van der Waals surface area contributed by atoms with Crippen LogP contribution in [0.15, 0.2) is 99.9 Å². The molecule has 0 saturated heterocycles. The monoisotopic (exact) mass is 420 g/mol. The van der Waals surface area contributed by atoms with Gasteiger partial charge in [-0.05, 0) is 63.7 Å². The lowest BCUT2D eigenvalue weighted by Crippen LogP contribution is -2.33. The maximum absolute atomic E-state index is 13.3. The van der Waals surface area contributed by atoms with Crippen molar-refractivity contribution in [2.75, 3.05) is 0 Å². The first-order valence-electron chi connectivity index (χ1n) is 9.94. The summed E-state index contributed by atoms with van der Waals surface area (Å²) in [6.07, 6.45) is 0. The van der Waals surface area contributed by atoms with Crippen LogP contribution >= 0.6 is 11.3 Å². The van der Waals surface area contributed by atoms with Crippen molar-refractivity contribution in [2.45, 2.75) is 0 Å². The van der Waals surface area contributed by atoms with Crippen LogP contribution in [0.5, 0.6) is 0 Å². The number of aromatic amines is 1. The molecule has 0 bridgehead atoms. The number of hydrogen-bond donors (Lipinski definition) is 1. The summed E-state index contributed by atoms with van der Waals surface area (Å²) in [6.45, 7) is 0. The van der Waals surface area contributed by atoms with E-state index in [0.29, 0.717) is 16.6 Å². The average Bonchev–Trinajstić information content (AvgIpc) is 3.27. The number of aromatic nitrogens is 2. The minimum absolute atomic E-state index is 0.324. The van der Waals surface area contributed by atoms with E-state index in [1.807, 2.05) is 48.5 Å². The molecule has 0 aliphatic heterocycles. The largest absolute Gasteiger partial charge is 0.333 e. The molecule has 5 heteroatoms. The molecule has 4 aromatic carbocycles. The van der Waals surface area contributed by atoms with E-state index in [-0.39, 0.29) is 5.56 Å². The Hall–Kier alpha value is -3.96. The number of rotatable bonds is 2. The van der Waals surface area contributed by atoms with Gasteiger partial charge in [-0.25, -0.2) is 9.36 Å². The molecule has 1 N–H and O–H groups in total. The van der Waals surface area contributed by atoms with Crippen LogP contribution in [0.1, 0.15) is 0 Å². The van der Waals surface area contributed by atoms with Crippen LogP contribution in [-0.2, 0) is 0 Å². The van der Waals surface area contributed by atoms with Crippen LogP contribution in [0, 0.1) is 0 Å². The first kappa shape index (κ1) is 17.9. The van der Waals surface area contributed by atoms with Crippen LogP contribution in [0.3, 0.4) is 0 Å². The minimum Gasteiger partial charge on any atom is -0.306 e. The third kappa shape index (κ3) is 2.82. The number of H-pyrrole nitrogens is 1. The molecule has 6 rings (SSSR count). The molecule has 6 aromatic rings. The Morgan fingerprint density at radius 2 is 1.52 bits per heavy atom. The number of hydrogen-bond acceptors (Lipinski definition) is 3. The van der Waals surface area contributed by atoms with Crippen molar-refractivity contribution in [1.29, 1.82) is 0 Å². The lowest BCUT2D eigenvalue weighted by Gasteiger charge is -2.10. The fraction of sp³-hybridized carbons (Fsp3) is 0. The molecule has 4 nitrogen and oxygen atoms in total. The van der Waals surface area contributed by atoms with Gasteiger partial charge in [-0.2, -0.15) is 0 Å². The topological polar surface area (TPSA) is 54.9 Å². The number of nitrogens with zero attached hydrogens (tertiary/aromatic N) is 1. The predicted octanol–water partition coefficient (Wildman–Crippen LogP) is 5.71. The fourth-order valence-electron chi connectivity index (χ4n) is 4.17. The summed E-state index contributed by atoms with van der Waals surface area (Å²) < 4.78 is 2.46. The number of nitrogens with one attached hydrogen (secondary N) is 1. The highest BCUT2D eigenvalue weighted by Gasteiger charge is 2.13. The van der Waals surface area contributed by atoms with Gasteiger partial charge in [0, 0.05) is 10.1 Å². The molecular formula is C26H16N2O2S. The molecule has 0 saturated carbocycles. The van der Waals surface area contributed by atoms with E-state index in [9.17, 15) is 9.59 Å². The number of thiophene rings is 1. The van der Waals surface area contributed by atoms with E-state index in [0.717, 1.165) is 21.9 Å². The minimum atomic E-state index is -0.445. The van der Waals surface area contributed by atoms with Crippen molar-refractivity contribution in [3.63, 3.8) is 0 Å². The second-order valence-corrected chi connectivity index (χ2v) is 8.45. The van der Waals surface area contributed by atoms with Gasteiger partial charge in [-0.1, -0.05) is 48.5 Å². The van der Waals surface area contributed by atoms with Crippen molar-refractivity contribution >= 4 is 43.1 Å². The summed E-state index contributed by atoms with van der Waals surface area (Å²) in [5.41, 5.74) is 2.35. The first-order chi connectivity index (χ1) is 15.2. The maximum atomic E-state index is 13.3.